The lowest BCUT2D eigenvalue weighted by atomic mass is 9.96. The lowest BCUT2D eigenvalue weighted by Crippen LogP contribution is -2.45. The number of nitrogens with one attached hydrogen (secondary N) is 2. The van der Waals surface area contributed by atoms with Gasteiger partial charge in [-0.3, -0.25) is 9.59 Å². The summed E-state index contributed by atoms with van der Waals surface area (Å²) >= 11 is 0. The Morgan fingerprint density at radius 2 is 1.74 bits per heavy atom. The number of hydrogen-bond donors (Lipinski definition) is 3. The predicted octanol–water partition coefficient (Wildman–Crippen LogP) is 0.537. The highest BCUT2D eigenvalue weighted by molar-refractivity contribution is 6.35. The molecule has 0 bridgehead atoms. The fourth-order valence-corrected chi connectivity index (χ4v) is 1.55. The Morgan fingerprint density at radius 1 is 1.16 bits per heavy atom. The second-order valence-electron chi connectivity index (χ2n) is 4.58. The molecule has 1 aromatic rings. The molecule has 0 saturated heterocycles. The molecule has 0 aliphatic carbocycles. The number of rotatable bonds is 5. The van der Waals surface area contributed by atoms with Crippen LogP contribution in [0.15, 0.2) is 30.3 Å². The maximum Gasteiger partial charge on any atom is 0.309 e. The zero-order valence-electron chi connectivity index (χ0n) is 11.3. The third kappa shape index (κ3) is 4.71. The van der Waals surface area contributed by atoms with Crippen LogP contribution in [0.5, 0.6) is 0 Å². The fourth-order valence-electron chi connectivity index (χ4n) is 1.55. The molecule has 0 radical (unpaired) electrons. The molecule has 1 aromatic carbocycles. The van der Waals surface area contributed by atoms with Gasteiger partial charge in [-0.1, -0.05) is 37.3 Å². The van der Waals surface area contributed by atoms with Crippen LogP contribution in [0.3, 0.4) is 0 Å². The van der Waals surface area contributed by atoms with Gasteiger partial charge in [-0.15, -0.1) is 0 Å². The first-order valence-corrected chi connectivity index (χ1v) is 6.31. The molecule has 0 aliphatic heterocycles. The normalized spacial score (nSPS) is 13.4. The van der Waals surface area contributed by atoms with Crippen molar-refractivity contribution < 1.29 is 14.7 Å². The lowest BCUT2D eigenvalue weighted by molar-refractivity contribution is -0.139. The Hall–Kier alpha value is -1.88. The van der Waals surface area contributed by atoms with Crippen molar-refractivity contribution in [1.82, 2.24) is 10.6 Å². The van der Waals surface area contributed by atoms with Crippen LogP contribution in [-0.4, -0.2) is 30.0 Å². The van der Waals surface area contributed by atoms with Crippen LogP contribution in [0.25, 0.3) is 0 Å². The Morgan fingerprint density at radius 3 is 2.32 bits per heavy atom. The Balaban J connectivity index is 2.52. The molecule has 0 fully saturated rings. The van der Waals surface area contributed by atoms with E-state index in [0.717, 1.165) is 6.42 Å². The highest BCUT2D eigenvalue weighted by Crippen LogP contribution is 2.18. The maximum atomic E-state index is 11.5. The molecule has 0 heterocycles. The molecule has 1 atom stereocenters. The highest BCUT2D eigenvalue weighted by Gasteiger charge is 2.24. The molecule has 5 nitrogen and oxygen atoms in total. The average molecular weight is 264 g/mol. The van der Waals surface area contributed by atoms with Crippen molar-refractivity contribution >= 4 is 11.8 Å². The fraction of sp³-hybridized carbons (Fsp3) is 0.429. The van der Waals surface area contributed by atoms with E-state index in [1.807, 2.05) is 13.0 Å². The highest BCUT2D eigenvalue weighted by atomic mass is 16.3. The molecule has 5 heteroatoms. The minimum Gasteiger partial charge on any atom is -0.384 e. The van der Waals surface area contributed by atoms with Crippen molar-refractivity contribution in [3.8, 4) is 0 Å². The Kier molecular flexibility index (Phi) is 5.51. The van der Waals surface area contributed by atoms with E-state index in [0.29, 0.717) is 12.1 Å². The van der Waals surface area contributed by atoms with Crippen LogP contribution in [0.2, 0.25) is 0 Å². The quantitative estimate of drug-likeness (QED) is 0.679. The molecule has 19 heavy (non-hydrogen) atoms. The number of benzene rings is 1. The second-order valence-corrected chi connectivity index (χ2v) is 4.58. The number of amides is 2. The number of hydrogen-bond acceptors (Lipinski definition) is 3. The molecule has 0 spiro atoms. The Bertz CT molecular complexity index is 430. The van der Waals surface area contributed by atoms with Gasteiger partial charge in [0.15, 0.2) is 0 Å². The first-order chi connectivity index (χ1) is 8.97. The molecule has 1 rings (SSSR count). The van der Waals surface area contributed by atoms with E-state index < -0.39 is 17.4 Å². The minimum atomic E-state index is -1.21. The monoisotopic (exact) mass is 264 g/mol. The predicted molar refractivity (Wildman–Crippen MR) is 72.3 cm³/mol. The summed E-state index contributed by atoms with van der Waals surface area (Å²) in [5.41, 5.74) is -0.522. The summed E-state index contributed by atoms with van der Waals surface area (Å²) in [6.45, 7) is 3.93. The van der Waals surface area contributed by atoms with Gasteiger partial charge in [0.25, 0.3) is 0 Å². The summed E-state index contributed by atoms with van der Waals surface area (Å²) in [7, 11) is 0. The zero-order valence-corrected chi connectivity index (χ0v) is 11.3. The summed E-state index contributed by atoms with van der Waals surface area (Å²) in [5.74, 6) is -1.41. The van der Waals surface area contributed by atoms with Crippen LogP contribution in [0.4, 0.5) is 0 Å². The van der Waals surface area contributed by atoms with E-state index in [1.165, 1.54) is 0 Å². The topological polar surface area (TPSA) is 78.4 Å². The first kappa shape index (κ1) is 15.2. The molecule has 0 aromatic heterocycles. The van der Waals surface area contributed by atoms with E-state index in [-0.39, 0.29) is 6.54 Å². The van der Waals surface area contributed by atoms with Crippen molar-refractivity contribution in [3.05, 3.63) is 35.9 Å². The van der Waals surface area contributed by atoms with Crippen LogP contribution in [0.1, 0.15) is 25.8 Å². The summed E-state index contributed by atoms with van der Waals surface area (Å²) in [6.07, 6.45) is 0.765. The van der Waals surface area contributed by atoms with Crippen molar-refractivity contribution in [2.45, 2.75) is 25.9 Å². The molecule has 104 valence electrons. The van der Waals surface area contributed by atoms with E-state index in [4.69, 9.17) is 0 Å². The molecule has 1 unspecified atom stereocenters. The Labute approximate surface area is 113 Å². The molecule has 3 N–H and O–H groups in total. The van der Waals surface area contributed by atoms with Gasteiger partial charge in [0.1, 0.15) is 5.60 Å². The summed E-state index contributed by atoms with van der Waals surface area (Å²) in [4.78, 5) is 22.8. The average Bonchev–Trinajstić information content (AvgIpc) is 2.43. The smallest absolute Gasteiger partial charge is 0.309 e. The largest absolute Gasteiger partial charge is 0.384 e. The van der Waals surface area contributed by atoms with Crippen LogP contribution < -0.4 is 10.6 Å². The molecule has 0 aliphatic rings. The number of carbonyl (C=O) groups excluding carboxylic acids is 2. The van der Waals surface area contributed by atoms with Gasteiger partial charge in [0.05, 0.1) is 6.54 Å². The molecular weight excluding hydrogens is 244 g/mol. The summed E-state index contributed by atoms with van der Waals surface area (Å²) in [6, 6.07) is 8.99. The maximum absolute atomic E-state index is 11.5. The third-order valence-electron chi connectivity index (χ3n) is 2.73. The molecule has 2 amide bonds. The van der Waals surface area contributed by atoms with Crippen molar-refractivity contribution in [3.63, 3.8) is 0 Å². The summed E-state index contributed by atoms with van der Waals surface area (Å²) in [5, 5.41) is 15.2. The summed E-state index contributed by atoms with van der Waals surface area (Å²) < 4.78 is 0. The van der Waals surface area contributed by atoms with Gasteiger partial charge in [-0.25, -0.2) is 0 Å². The van der Waals surface area contributed by atoms with Crippen LogP contribution in [-0.2, 0) is 15.2 Å². The zero-order chi connectivity index (χ0) is 14.3. The van der Waals surface area contributed by atoms with Crippen molar-refractivity contribution in [1.29, 1.82) is 0 Å². The lowest BCUT2D eigenvalue weighted by Gasteiger charge is -2.24. The van der Waals surface area contributed by atoms with Gasteiger partial charge in [0.2, 0.25) is 0 Å². The van der Waals surface area contributed by atoms with Crippen LogP contribution >= 0.6 is 0 Å². The standard InChI is InChI=1S/C14H20N2O3/c1-3-9-15-12(17)13(18)16-10-14(2,19)11-7-5-4-6-8-11/h4-8,19H,3,9-10H2,1-2H3,(H,15,17)(H,16,18). The van der Waals surface area contributed by atoms with E-state index in [2.05, 4.69) is 10.6 Å². The van der Waals surface area contributed by atoms with Gasteiger partial charge in [0, 0.05) is 6.54 Å². The van der Waals surface area contributed by atoms with E-state index >= 15 is 0 Å². The van der Waals surface area contributed by atoms with Crippen molar-refractivity contribution in [2.24, 2.45) is 0 Å². The first-order valence-electron chi connectivity index (χ1n) is 6.31. The van der Waals surface area contributed by atoms with E-state index in [1.54, 1.807) is 31.2 Å². The van der Waals surface area contributed by atoms with Gasteiger partial charge < -0.3 is 15.7 Å². The third-order valence-corrected chi connectivity index (χ3v) is 2.73. The second kappa shape index (κ2) is 6.89. The van der Waals surface area contributed by atoms with Crippen LogP contribution in [0, 0.1) is 0 Å². The number of aliphatic hydroxyl groups is 1. The molecule has 0 saturated carbocycles. The number of carbonyl (C=O) groups is 2. The molecular formula is C14H20N2O3. The van der Waals surface area contributed by atoms with Gasteiger partial charge in [-0.05, 0) is 18.9 Å². The van der Waals surface area contributed by atoms with Gasteiger partial charge >= 0.3 is 11.8 Å². The van der Waals surface area contributed by atoms with Crippen molar-refractivity contribution in [2.75, 3.05) is 13.1 Å². The SMILES string of the molecule is CCCNC(=O)C(=O)NCC(C)(O)c1ccccc1. The minimum absolute atomic E-state index is 0.0185. The van der Waals surface area contributed by atoms with Gasteiger partial charge in [-0.2, -0.15) is 0 Å². The van der Waals surface area contributed by atoms with E-state index in [9.17, 15) is 14.7 Å².